The second-order valence-corrected chi connectivity index (χ2v) is 2.64. The van der Waals surface area contributed by atoms with Crippen molar-refractivity contribution in [2.45, 2.75) is 25.9 Å². The molecule has 0 aromatic rings. The number of ether oxygens (including phenoxy) is 1. The zero-order valence-corrected chi connectivity index (χ0v) is 8.86. The molecule has 0 fully saturated rings. The van der Waals surface area contributed by atoms with E-state index in [0.717, 1.165) is 6.42 Å². The third-order valence-electron chi connectivity index (χ3n) is 1.46. The van der Waals surface area contributed by atoms with Crippen LogP contribution in [0.1, 0.15) is 19.8 Å². The predicted molar refractivity (Wildman–Crippen MR) is 53.7 cm³/mol. The molecule has 15 heavy (non-hydrogen) atoms. The van der Waals surface area contributed by atoms with Gasteiger partial charge in [0.1, 0.15) is 11.6 Å². The lowest BCUT2D eigenvalue weighted by atomic mass is 10.2. The zero-order valence-electron chi connectivity index (χ0n) is 8.86. The first-order chi connectivity index (χ1) is 6.99. The fraction of sp³-hybridized carbons (Fsp3) is 0.500. The molecule has 0 saturated heterocycles. The molecule has 0 spiro atoms. The predicted octanol–water partition coefficient (Wildman–Crippen LogP) is 1.48. The number of hydrogen-bond donors (Lipinski definition) is 1. The van der Waals surface area contributed by atoms with E-state index in [9.17, 15) is 4.79 Å². The summed E-state index contributed by atoms with van der Waals surface area (Å²) in [7, 11) is 1.65. The number of carboxylic acid groups (broad SMARTS) is 1. The topological polar surface area (TPSA) is 94.1 Å². The van der Waals surface area contributed by atoms with Crippen LogP contribution in [0.15, 0.2) is 12.2 Å². The van der Waals surface area contributed by atoms with Crippen LogP contribution in [0.4, 0.5) is 0 Å². The molecule has 1 N–H and O–H groups in total. The second-order valence-electron chi connectivity index (χ2n) is 2.64. The number of carbonyl (C=O) groups is 1. The largest absolute Gasteiger partial charge is 0.477 e. The molecule has 82 valence electrons. The number of rotatable bonds is 4. The Kier molecular flexibility index (Phi) is 10.7. The maximum atomic E-state index is 9.61. The van der Waals surface area contributed by atoms with E-state index in [2.05, 4.69) is 12.6 Å². The first kappa shape index (κ1) is 15.6. The highest BCUT2D eigenvalue weighted by molar-refractivity contribution is 5.90. The molecule has 0 bridgehead atoms. The normalized spacial score (nSPS) is 9.87. The fourth-order valence-corrected chi connectivity index (χ4v) is 0.433. The molecule has 0 heterocycles. The van der Waals surface area contributed by atoms with Crippen LogP contribution in [0.3, 0.4) is 0 Å². The highest BCUT2D eigenvalue weighted by Gasteiger charge is 1.97. The van der Waals surface area contributed by atoms with Crippen LogP contribution in [0.25, 0.3) is 0 Å². The molecule has 0 aromatic carbocycles. The molecule has 0 saturated carbocycles. The Labute approximate surface area is 89.2 Å². The lowest BCUT2D eigenvalue weighted by Crippen LogP contribution is -2.02. The first-order valence-corrected chi connectivity index (χ1v) is 4.21. The summed E-state index contributed by atoms with van der Waals surface area (Å²) in [6.07, 6.45) is 1.66. The number of nitriles is 2. The number of hydrogen-bond acceptors (Lipinski definition) is 4. The van der Waals surface area contributed by atoms with Gasteiger partial charge in [-0.05, 0) is 13.3 Å². The van der Waals surface area contributed by atoms with Gasteiger partial charge in [0, 0.05) is 13.5 Å². The third-order valence-corrected chi connectivity index (χ3v) is 1.46. The van der Waals surface area contributed by atoms with Crippen LogP contribution in [0.2, 0.25) is 0 Å². The molecule has 5 heteroatoms. The summed E-state index contributed by atoms with van der Waals surface area (Å²) in [5.41, 5.74) is -0.431. The van der Waals surface area contributed by atoms with Crippen molar-refractivity contribution in [3.05, 3.63) is 12.2 Å². The van der Waals surface area contributed by atoms with Crippen LogP contribution in [0, 0.1) is 22.7 Å². The Balaban J connectivity index is 0. The van der Waals surface area contributed by atoms with E-state index in [1.165, 1.54) is 6.07 Å². The molecule has 1 unspecified atom stereocenters. The summed E-state index contributed by atoms with van der Waals surface area (Å²) in [4.78, 5) is 9.61. The summed E-state index contributed by atoms with van der Waals surface area (Å²) in [5, 5.41) is 23.7. The maximum Gasteiger partial charge on any atom is 0.345 e. The monoisotopic (exact) mass is 210 g/mol. The second kappa shape index (κ2) is 10.2. The Hall–Kier alpha value is -1.85. The molecular formula is C10H14N2O3. The van der Waals surface area contributed by atoms with Crippen molar-refractivity contribution in [3.8, 4) is 12.1 Å². The SMILES string of the molecule is C=C(C#N)C(=O)O.COC(C)CCC#N. The molecule has 0 amide bonds. The van der Waals surface area contributed by atoms with Gasteiger partial charge in [-0.1, -0.05) is 6.58 Å². The van der Waals surface area contributed by atoms with Gasteiger partial charge >= 0.3 is 5.97 Å². The number of methoxy groups -OCH3 is 1. The van der Waals surface area contributed by atoms with E-state index in [-0.39, 0.29) is 6.10 Å². The van der Waals surface area contributed by atoms with Gasteiger partial charge in [-0.3, -0.25) is 0 Å². The molecule has 1 atom stereocenters. The Morgan fingerprint density at radius 1 is 1.60 bits per heavy atom. The Morgan fingerprint density at radius 2 is 2.13 bits per heavy atom. The lowest BCUT2D eigenvalue weighted by Gasteiger charge is -2.03. The van der Waals surface area contributed by atoms with Gasteiger partial charge in [-0.15, -0.1) is 0 Å². The van der Waals surface area contributed by atoms with Gasteiger partial charge < -0.3 is 9.84 Å². The van der Waals surface area contributed by atoms with E-state index >= 15 is 0 Å². The Morgan fingerprint density at radius 3 is 2.33 bits per heavy atom. The average molecular weight is 210 g/mol. The minimum atomic E-state index is -1.26. The molecule has 5 nitrogen and oxygen atoms in total. The highest BCUT2D eigenvalue weighted by Crippen LogP contribution is 1.97. The van der Waals surface area contributed by atoms with E-state index < -0.39 is 11.5 Å². The van der Waals surface area contributed by atoms with Gasteiger partial charge in [0.15, 0.2) is 0 Å². The standard InChI is InChI=1S/C6H11NO.C4H3NO2/c1-6(8-2)4-3-5-7;1-3(2-5)4(6)7/h6H,3-4H2,1-2H3;1H2,(H,6,7). The van der Waals surface area contributed by atoms with Gasteiger partial charge in [-0.25, -0.2) is 4.79 Å². The van der Waals surface area contributed by atoms with Crippen molar-refractivity contribution in [3.63, 3.8) is 0 Å². The van der Waals surface area contributed by atoms with E-state index in [4.69, 9.17) is 20.4 Å². The van der Waals surface area contributed by atoms with Crippen molar-refractivity contribution >= 4 is 5.97 Å². The van der Waals surface area contributed by atoms with E-state index in [0.29, 0.717) is 6.42 Å². The molecular weight excluding hydrogens is 196 g/mol. The van der Waals surface area contributed by atoms with Gasteiger partial charge in [0.05, 0.1) is 12.2 Å². The number of carboxylic acids is 1. The number of aliphatic carboxylic acids is 1. The molecule has 0 aliphatic carbocycles. The summed E-state index contributed by atoms with van der Waals surface area (Å²) in [5.74, 6) is -1.26. The average Bonchev–Trinajstić information content (AvgIpc) is 2.25. The molecule has 0 aliphatic rings. The summed E-state index contributed by atoms with van der Waals surface area (Å²) in [6, 6.07) is 3.42. The van der Waals surface area contributed by atoms with Crippen molar-refractivity contribution in [2.75, 3.05) is 7.11 Å². The van der Waals surface area contributed by atoms with Crippen LogP contribution >= 0.6 is 0 Å². The van der Waals surface area contributed by atoms with E-state index in [1.54, 1.807) is 7.11 Å². The summed E-state index contributed by atoms with van der Waals surface area (Å²) in [6.45, 7) is 4.87. The lowest BCUT2D eigenvalue weighted by molar-refractivity contribution is -0.132. The molecule has 0 radical (unpaired) electrons. The van der Waals surface area contributed by atoms with Crippen LogP contribution in [-0.4, -0.2) is 24.3 Å². The zero-order chi connectivity index (χ0) is 12.3. The minimum Gasteiger partial charge on any atom is -0.477 e. The van der Waals surface area contributed by atoms with Crippen molar-refractivity contribution in [1.29, 1.82) is 10.5 Å². The van der Waals surface area contributed by atoms with Crippen LogP contribution in [0.5, 0.6) is 0 Å². The first-order valence-electron chi connectivity index (χ1n) is 4.21. The third kappa shape index (κ3) is 12.1. The van der Waals surface area contributed by atoms with Gasteiger partial charge in [-0.2, -0.15) is 10.5 Å². The van der Waals surface area contributed by atoms with Crippen LogP contribution in [-0.2, 0) is 9.53 Å². The summed E-state index contributed by atoms with van der Waals surface area (Å²) >= 11 is 0. The molecule has 0 aliphatic heterocycles. The fourth-order valence-electron chi connectivity index (χ4n) is 0.433. The smallest absolute Gasteiger partial charge is 0.345 e. The molecule has 0 rings (SSSR count). The van der Waals surface area contributed by atoms with Gasteiger partial charge in [0.2, 0.25) is 0 Å². The van der Waals surface area contributed by atoms with Crippen molar-refractivity contribution < 1.29 is 14.6 Å². The minimum absolute atomic E-state index is 0.231. The summed E-state index contributed by atoms with van der Waals surface area (Å²) < 4.78 is 4.90. The maximum absolute atomic E-state index is 9.61. The van der Waals surface area contributed by atoms with E-state index in [1.807, 2.05) is 6.92 Å². The molecule has 0 aromatic heterocycles. The van der Waals surface area contributed by atoms with Crippen LogP contribution < -0.4 is 0 Å². The highest BCUT2D eigenvalue weighted by atomic mass is 16.5. The van der Waals surface area contributed by atoms with Gasteiger partial charge in [0.25, 0.3) is 0 Å². The van der Waals surface area contributed by atoms with Crippen molar-refractivity contribution in [1.82, 2.24) is 0 Å². The quantitative estimate of drug-likeness (QED) is 0.560. The Bertz CT molecular complexity index is 286. The van der Waals surface area contributed by atoms with Crippen molar-refractivity contribution in [2.24, 2.45) is 0 Å². The number of nitrogens with zero attached hydrogens (tertiary/aromatic N) is 2.